The predicted molar refractivity (Wildman–Crippen MR) is 48.7 cm³/mol. The highest BCUT2D eigenvalue weighted by Crippen LogP contribution is 2.25. The third kappa shape index (κ3) is 1.27. The largest absolute Gasteiger partial charge is 0.503 e. The number of anilines is 1. The minimum atomic E-state index is -1.36. The van der Waals surface area contributed by atoms with Crippen molar-refractivity contribution in [3.8, 4) is 11.7 Å². The molecule has 0 radical (unpaired) electrons. The standard InChI is InChI=1S/C7H7N5O3/c8-5-4(13)3(6(14)15)11-12(5)7-9-1-2-10-7/h1-2,13H,8H2,(H,9,10)(H,14,15). The van der Waals surface area contributed by atoms with Crippen molar-refractivity contribution in [3.63, 3.8) is 0 Å². The molecular formula is C7H7N5O3. The van der Waals surface area contributed by atoms with Crippen LogP contribution in [0.25, 0.3) is 5.95 Å². The lowest BCUT2D eigenvalue weighted by molar-refractivity contribution is 0.0687. The molecule has 0 aliphatic rings. The smallest absolute Gasteiger partial charge is 0.360 e. The monoisotopic (exact) mass is 209 g/mol. The summed E-state index contributed by atoms with van der Waals surface area (Å²) in [6.07, 6.45) is 2.97. The van der Waals surface area contributed by atoms with Crippen LogP contribution in [0.5, 0.6) is 5.75 Å². The summed E-state index contributed by atoms with van der Waals surface area (Å²) in [6, 6.07) is 0. The van der Waals surface area contributed by atoms with Gasteiger partial charge in [0.05, 0.1) is 0 Å². The van der Waals surface area contributed by atoms with Gasteiger partial charge in [-0.2, -0.15) is 9.78 Å². The van der Waals surface area contributed by atoms with Crippen LogP contribution in [0.1, 0.15) is 10.5 Å². The maximum atomic E-state index is 10.6. The van der Waals surface area contributed by atoms with Gasteiger partial charge in [-0.25, -0.2) is 9.78 Å². The highest BCUT2D eigenvalue weighted by molar-refractivity contribution is 5.90. The van der Waals surface area contributed by atoms with E-state index in [1.807, 2.05) is 0 Å². The van der Waals surface area contributed by atoms with Gasteiger partial charge < -0.3 is 20.9 Å². The molecule has 0 unspecified atom stereocenters. The molecule has 2 aromatic heterocycles. The maximum Gasteiger partial charge on any atom is 0.360 e. The summed E-state index contributed by atoms with van der Waals surface area (Å²) >= 11 is 0. The fourth-order valence-corrected chi connectivity index (χ4v) is 1.10. The average Bonchev–Trinajstić information content (AvgIpc) is 2.77. The molecule has 0 saturated carbocycles. The number of nitrogens with one attached hydrogen (secondary N) is 1. The molecule has 0 amide bonds. The van der Waals surface area contributed by atoms with E-state index in [0.29, 0.717) is 0 Å². The highest BCUT2D eigenvalue weighted by atomic mass is 16.4. The Kier molecular flexibility index (Phi) is 1.82. The number of aromatic carboxylic acids is 1. The first-order valence-electron chi connectivity index (χ1n) is 3.91. The summed E-state index contributed by atoms with van der Waals surface area (Å²) in [6.45, 7) is 0. The fourth-order valence-electron chi connectivity index (χ4n) is 1.10. The van der Waals surface area contributed by atoms with E-state index in [4.69, 9.17) is 10.8 Å². The number of rotatable bonds is 2. The third-order valence-corrected chi connectivity index (χ3v) is 1.78. The van der Waals surface area contributed by atoms with Crippen molar-refractivity contribution in [1.82, 2.24) is 19.7 Å². The Bertz CT molecular complexity index is 501. The SMILES string of the molecule is Nc1c(O)c(C(=O)O)nn1-c1ncc[nH]1. The van der Waals surface area contributed by atoms with Crippen molar-refractivity contribution in [2.45, 2.75) is 0 Å². The zero-order valence-electron chi connectivity index (χ0n) is 7.38. The van der Waals surface area contributed by atoms with Gasteiger partial charge in [0.1, 0.15) is 0 Å². The molecule has 2 heterocycles. The quantitative estimate of drug-likeness (QED) is 0.531. The summed E-state index contributed by atoms with van der Waals surface area (Å²) in [5.74, 6) is -1.87. The summed E-state index contributed by atoms with van der Waals surface area (Å²) in [7, 11) is 0. The number of carbonyl (C=O) groups is 1. The van der Waals surface area contributed by atoms with Gasteiger partial charge in [0, 0.05) is 12.4 Å². The Balaban J connectivity index is 2.60. The van der Waals surface area contributed by atoms with Gasteiger partial charge in [-0.15, -0.1) is 0 Å². The van der Waals surface area contributed by atoms with E-state index >= 15 is 0 Å². The second kappa shape index (κ2) is 3.01. The average molecular weight is 209 g/mol. The zero-order chi connectivity index (χ0) is 11.0. The first kappa shape index (κ1) is 9.06. The molecule has 0 aliphatic heterocycles. The van der Waals surface area contributed by atoms with Crippen LogP contribution in [0.2, 0.25) is 0 Å². The van der Waals surface area contributed by atoms with Crippen LogP contribution in [-0.2, 0) is 0 Å². The van der Waals surface area contributed by atoms with Crippen molar-refractivity contribution in [3.05, 3.63) is 18.1 Å². The maximum absolute atomic E-state index is 10.6. The fraction of sp³-hybridized carbons (Fsp3) is 0. The van der Waals surface area contributed by atoms with Gasteiger partial charge in [0.25, 0.3) is 0 Å². The van der Waals surface area contributed by atoms with Crippen molar-refractivity contribution >= 4 is 11.8 Å². The molecule has 78 valence electrons. The van der Waals surface area contributed by atoms with Crippen molar-refractivity contribution < 1.29 is 15.0 Å². The molecule has 5 N–H and O–H groups in total. The molecule has 0 aromatic carbocycles. The number of imidazole rings is 1. The van der Waals surface area contributed by atoms with E-state index in [2.05, 4.69) is 15.1 Å². The molecule has 2 aromatic rings. The number of aromatic amines is 1. The number of nitrogen functional groups attached to an aromatic ring is 1. The minimum Gasteiger partial charge on any atom is -0.503 e. The van der Waals surface area contributed by atoms with E-state index in [-0.39, 0.29) is 11.8 Å². The molecule has 0 fully saturated rings. The number of carboxylic acid groups (broad SMARTS) is 1. The molecule has 8 nitrogen and oxygen atoms in total. The number of hydrogen-bond acceptors (Lipinski definition) is 5. The van der Waals surface area contributed by atoms with Gasteiger partial charge in [-0.1, -0.05) is 0 Å². The van der Waals surface area contributed by atoms with Crippen LogP contribution < -0.4 is 5.73 Å². The molecule has 15 heavy (non-hydrogen) atoms. The van der Waals surface area contributed by atoms with Crippen LogP contribution >= 0.6 is 0 Å². The lowest BCUT2D eigenvalue weighted by atomic mass is 10.4. The summed E-state index contributed by atoms with van der Waals surface area (Å²) in [4.78, 5) is 17.1. The summed E-state index contributed by atoms with van der Waals surface area (Å²) < 4.78 is 1.01. The Labute approximate surface area is 83.0 Å². The molecule has 0 atom stereocenters. The molecule has 2 rings (SSSR count). The molecule has 0 spiro atoms. The molecule has 0 aliphatic carbocycles. The minimum absolute atomic E-state index is 0.178. The van der Waals surface area contributed by atoms with E-state index in [1.165, 1.54) is 12.4 Å². The lowest BCUT2D eigenvalue weighted by Crippen LogP contribution is -2.04. The summed E-state index contributed by atoms with van der Waals surface area (Å²) in [5, 5.41) is 21.6. The van der Waals surface area contributed by atoms with Crippen LogP contribution in [0.3, 0.4) is 0 Å². The van der Waals surface area contributed by atoms with Crippen LogP contribution in [-0.4, -0.2) is 35.9 Å². The predicted octanol–water partition coefficient (Wildman–Crippen LogP) is -0.419. The Morgan fingerprint density at radius 2 is 2.33 bits per heavy atom. The molecule has 0 bridgehead atoms. The van der Waals surface area contributed by atoms with E-state index in [9.17, 15) is 9.90 Å². The number of aromatic nitrogens is 4. The number of carboxylic acids is 1. The molecular weight excluding hydrogens is 202 g/mol. The second-order valence-corrected chi connectivity index (χ2v) is 2.71. The Morgan fingerprint density at radius 1 is 1.60 bits per heavy atom. The van der Waals surface area contributed by atoms with Gasteiger partial charge >= 0.3 is 5.97 Å². The first-order chi connectivity index (χ1) is 7.11. The number of nitrogens with two attached hydrogens (primary N) is 1. The van der Waals surface area contributed by atoms with Crippen molar-refractivity contribution in [1.29, 1.82) is 0 Å². The van der Waals surface area contributed by atoms with Crippen LogP contribution in [0.4, 0.5) is 5.82 Å². The molecule has 0 saturated heterocycles. The number of hydrogen-bond donors (Lipinski definition) is 4. The lowest BCUT2D eigenvalue weighted by Gasteiger charge is -1.96. The van der Waals surface area contributed by atoms with E-state index in [0.717, 1.165) is 4.68 Å². The third-order valence-electron chi connectivity index (χ3n) is 1.78. The van der Waals surface area contributed by atoms with Crippen molar-refractivity contribution in [2.24, 2.45) is 0 Å². The number of H-pyrrole nitrogens is 1. The van der Waals surface area contributed by atoms with Crippen LogP contribution in [0.15, 0.2) is 12.4 Å². The van der Waals surface area contributed by atoms with Gasteiger partial charge in [0.15, 0.2) is 11.6 Å². The first-order valence-corrected chi connectivity index (χ1v) is 3.91. The zero-order valence-corrected chi connectivity index (χ0v) is 7.38. The van der Waals surface area contributed by atoms with Crippen molar-refractivity contribution in [2.75, 3.05) is 5.73 Å². The van der Waals surface area contributed by atoms with Crippen LogP contribution in [0, 0.1) is 0 Å². The number of aromatic hydroxyl groups is 1. The summed E-state index contributed by atoms with van der Waals surface area (Å²) in [5.41, 5.74) is 4.95. The second-order valence-electron chi connectivity index (χ2n) is 2.71. The number of nitrogens with zero attached hydrogens (tertiary/aromatic N) is 3. The van der Waals surface area contributed by atoms with Gasteiger partial charge in [-0.3, -0.25) is 0 Å². The topological polar surface area (TPSA) is 130 Å². The normalized spacial score (nSPS) is 10.4. The Hall–Kier alpha value is -2.51. The van der Waals surface area contributed by atoms with Gasteiger partial charge in [0.2, 0.25) is 11.6 Å². The van der Waals surface area contributed by atoms with E-state index < -0.39 is 17.4 Å². The Morgan fingerprint density at radius 3 is 2.80 bits per heavy atom. The molecule has 8 heteroatoms. The highest BCUT2D eigenvalue weighted by Gasteiger charge is 2.21. The van der Waals surface area contributed by atoms with E-state index in [1.54, 1.807) is 0 Å². The van der Waals surface area contributed by atoms with Gasteiger partial charge in [-0.05, 0) is 0 Å².